The van der Waals surface area contributed by atoms with Gasteiger partial charge in [0.1, 0.15) is 11.8 Å². The normalized spacial score (nSPS) is 19.3. The summed E-state index contributed by atoms with van der Waals surface area (Å²) in [6, 6.07) is 6.43. The minimum Gasteiger partial charge on any atom is -0.469 e. The summed E-state index contributed by atoms with van der Waals surface area (Å²) < 4.78 is 34.2. The molecule has 0 saturated heterocycles. The summed E-state index contributed by atoms with van der Waals surface area (Å²) in [6.07, 6.45) is 3.44. The first-order chi connectivity index (χ1) is 12.5. The Morgan fingerprint density at radius 1 is 1.42 bits per heavy atom. The van der Waals surface area contributed by atoms with Crippen LogP contribution in [-0.4, -0.2) is 30.7 Å². The van der Waals surface area contributed by atoms with Gasteiger partial charge in [0.2, 0.25) is 0 Å². The first-order valence-electron chi connectivity index (χ1n) is 8.14. The number of pyridine rings is 1. The number of nitriles is 1. The summed E-state index contributed by atoms with van der Waals surface area (Å²) in [4.78, 5) is 15.9. The third-order valence-electron chi connectivity index (χ3n) is 4.50. The number of esters is 1. The monoisotopic (exact) mass is 361 g/mol. The zero-order valence-electron chi connectivity index (χ0n) is 14.0. The van der Waals surface area contributed by atoms with E-state index in [1.54, 1.807) is 6.07 Å². The molecule has 1 fully saturated rings. The lowest BCUT2D eigenvalue weighted by Gasteiger charge is -2.17. The number of nitrogens with one attached hydrogen (secondary N) is 1. The molecular formula is C18H17F2N3O3. The number of benzene rings is 1. The topological polar surface area (TPSA) is 84.2 Å². The highest BCUT2D eigenvalue weighted by Crippen LogP contribution is 2.34. The molecule has 1 heterocycles. The summed E-state index contributed by atoms with van der Waals surface area (Å²) >= 11 is 0. The lowest BCUT2D eigenvalue weighted by Crippen LogP contribution is -2.19. The highest BCUT2D eigenvalue weighted by molar-refractivity contribution is 5.95. The molecule has 6 nitrogen and oxygen atoms in total. The minimum atomic E-state index is -2.94. The summed E-state index contributed by atoms with van der Waals surface area (Å²) in [5.41, 5.74) is 1.36. The Balaban J connectivity index is 1.93. The van der Waals surface area contributed by atoms with Gasteiger partial charge in [-0.15, -0.1) is 0 Å². The number of carbonyl (C=O) groups excluding carboxylic acids is 1. The van der Waals surface area contributed by atoms with E-state index in [0.29, 0.717) is 35.0 Å². The van der Waals surface area contributed by atoms with E-state index in [-0.39, 0.29) is 23.7 Å². The molecule has 1 aromatic heterocycles. The van der Waals surface area contributed by atoms with Gasteiger partial charge in [0, 0.05) is 17.6 Å². The lowest BCUT2D eigenvalue weighted by molar-refractivity contribution is -0.145. The minimum absolute atomic E-state index is 0.00806. The molecule has 0 radical (unpaired) electrons. The van der Waals surface area contributed by atoms with Crippen molar-refractivity contribution >= 4 is 22.6 Å². The van der Waals surface area contributed by atoms with Crippen molar-refractivity contribution in [2.24, 2.45) is 5.92 Å². The molecule has 0 bridgehead atoms. The van der Waals surface area contributed by atoms with Crippen LogP contribution in [0, 0.1) is 17.2 Å². The van der Waals surface area contributed by atoms with Gasteiger partial charge in [-0.1, -0.05) is 0 Å². The Hall–Kier alpha value is -2.95. The maximum absolute atomic E-state index is 12.5. The van der Waals surface area contributed by atoms with Crippen LogP contribution in [0.2, 0.25) is 0 Å². The second kappa shape index (κ2) is 7.52. The van der Waals surface area contributed by atoms with E-state index >= 15 is 0 Å². The van der Waals surface area contributed by atoms with Crippen LogP contribution in [0.4, 0.5) is 14.5 Å². The van der Waals surface area contributed by atoms with Crippen molar-refractivity contribution in [1.82, 2.24) is 4.98 Å². The Bertz CT molecular complexity index is 867. The third-order valence-corrected chi connectivity index (χ3v) is 4.50. The molecule has 26 heavy (non-hydrogen) atoms. The second-order valence-electron chi connectivity index (χ2n) is 6.09. The number of fused-ring (bicyclic) bond motifs is 1. The molecular weight excluding hydrogens is 344 g/mol. The van der Waals surface area contributed by atoms with Crippen molar-refractivity contribution < 1.29 is 23.0 Å². The Morgan fingerprint density at radius 3 is 2.92 bits per heavy atom. The molecule has 1 N–H and O–H groups in total. The molecule has 1 saturated carbocycles. The van der Waals surface area contributed by atoms with Gasteiger partial charge in [-0.05, 0) is 37.5 Å². The van der Waals surface area contributed by atoms with Crippen molar-refractivity contribution in [2.45, 2.75) is 31.9 Å². The average molecular weight is 361 g/mol. The zero-order valence-corrected chi connectivity index (χ0v) is 14.0. The molecule has 3 rings (SSSR count). The largest absolute Gasteiger partial charge is 0.469 e. The SMILES string of the molecule is COC(=O)[C@H]1CC[C@@H](Nc2c(C#N)cnc3ccc(OC(F)F)cc23)C1. The molecule has 136 valence electrons. The number of rotatable bonds is 5. The van der Waals surface area contributed by atoms with Gasteiger partial charge < -0.3 is 14.8 Å². The molecule has 0 amide bonds. The van der Waals surface area contributed by atoms with E-state index < -0.39 is 6.61 Å². The molecule has 0 unspecified atom stereocenters. The number of methoxy groups -OCH3 is 1. The first kappa shape index (κ1) is 17.9. The van der Waals surface area contributed by atoms with Crippen LogP contribution >= 0.6 is 0 Å². The molecule has 1 aliphatic carbocycles. The quantitative estimate of drug-likeness (QED) is 0.821. The number of alkyl halides is 2. The van der Waals surface area contributed by atoms with Crippen LogP contribution in [0.1, 0.15) is 24.8 Å². The van der Waals surface area contributed by atoms with E-state index in [2.05, 4.69) is 21.1 Å². The van der Waals surface area contributed by atoms with Crippen LogP contribution < -0.4 is 10.1 Å². The summed E-state index contributed by atoms with van der Waals surface area (Å²) in [5.74, 6) is -0.442. The van der Waals surface area contributed by atoms with Crippen molar-refractivity contribution in [2.75, 3.05) is 12.4 Å². The van der Waals surface area contributed by atoms with E-state index in [4.69, 9.17) is 4.74 Å². The molecule has 1 aromatic carbocycles. The molecule has 1 aliphatic rings. The maximum Gasteiger partial charge on any atom is 0.387 e. The number of carbonyl (C=O) groups is 1. The highest BCUT2D eigenvalue weighted by Gasteiger charge is 2.31. The number of hydrogen-bond donors (Lipinski definition) is 1. The van der Waals surface area contributed by atoms with Crippen molar-refractivity contribution in [3.8, 4) is 11.8 Å². The number of aromatic nitrogens is 1. The molecule has 0 aliphatic heterocycles. The smallest absolute Gasteiger partial charge is 0.387 e. The predicted octanol–water partition coefficient (Wildman–Crippen LogP) is 3.46. The molecule has 0 spiro atoms. The van der Waals surface area contributed by atoms with Gasteiger partial charge in [-0.2, -0.15) is 14.0 Å². The molecule has 2 atom stereocenters. The molecule has 8 heteroatoms. The fraction of sp³-hybridized carbons (Fsp3) is 0.389. The molecule has 2 aromatic rings. The Labute approximate surface area is 148 Å². The number of ether oxygens (including phenoxy) is 2. The predicted molar refractivity (Wildman–Crippen MR) is 89.9 cm³/mol. The number of halogens is 2. The standard InChI is InChI=1S/C18H17F2N3O3/c1-25-17(24)10-2-3-12(6-10)23-16-11(8-21)9-22-15-5-4-13(7-14(15)16)26-18(19)20/h4-5,7,9-10,12,18H,2-3,6H2,1H3,(H,22,23)/t10-,12+/m0/s1. The number of nitrogens with zero attached hydrogens (tertiary/aromatic N) is 2. The number of anilines is 1. The summed E-state index contributed by atoms with van der Waals surface area (Å²) in [5, 5.41) is 13.2. The fourth-order valence-corrected chi connectivity index (χ4v) is 3.29. The van der Waals surface area contributed by atoms with Gasteiger partial charge in [-0.3, -0.25) is 9.78 Å². The van der Waals surface area contributed by atoms with Crippen LogP contribution in [0.5, 0.6) is 5.75 Å². The second-order valence-corrected chi connectivity index (χ2v) is 6.09. The van der Waals surface area contributed by atoms with E-state index in [0.717, 1.165) is 6.42 Å². The zero-order chi connectivity index (χ0) is 18.7. The third kappa shape index (κ3) is 3.67. The van der Waals surface area contributed by atoms with Gasteiger partial charge in [-0.25, -0.2) is 0 Å². The Morgan fingerprint density at radius 2 is 2.23 bits per heavy atom. The van der Waals surface area contributed by atoms with Gasteiger partial charge in [0.05, 0.1) is 29.8 Å². The maximum atomic E-state index is 12.5. The van der Waals surface area contributed by atoms with Crippen molar-refractivity contribution in [1.29, 1.82) is 5.26 Å². The summed E-state index contributed by atoms with van der Waals surface area (Å²) in [7, 11) is 1.36. The van der Waals surface area contributed by atoms with Crippen LogP contribution in [-0.2, 0) is 9.53 Å². The van der Waals surface area contributed by atoms with E-state index in [1.807, 2.05) is 0 Å². The lowest BCUT2D eigenvalue weighted by atomic mass is 10.1. The Kier molecular flexibility index (Phi) is 5.16. The van der Waals surface area contributed by atoms with E-state index in [1.165, 1.54) is 25.4 Å². The van der Waals surface area contributed by atoms with Crippen LogP contribution in [0.3, 0.4) is 0 Å². The fourth-order valence-electron chi connectivity index (χ4n) is 3.29. The van der Waals surface area contributed by atoms with Crippen molar-refractivity contribution in [3.63, 3.8) is 0 Å². The van der Waals surface area contributed by atoms with Crippen molar-refractivity contribution in [3.05, 3.63) is 30.0 Å². The van der Waals surface area contributed by atoms with Gasteiger partial charge >= 0.3 is 12.6 Å². The summed E-state index contributed by atoms with van der Waals surface area (Å²) in [6.45, 7) is -2.94. The highest BCUT2D eigenvalue weighted by atomic mass is 19.3. The number of hydrogen-bond acceptors (Lipinski definition) is 6. The average Bonchev–Trinajstić information content (AvgIpc) is 3.09. The van der Waals surface area contributed by atoms with Gasteiger partial charge in [0.15, 0.2) is 0 Å². The van der Waals surface area contributed by atoms with Gasteiger partial charge in [0.25, 0.3) is 0 Å². The first-order valence-corrected chi connectivity index (χ1v) is 8.14. The van der Waals surface area contributed by atoms with Crippen LogP contribution in [0.25, 0.3) is 10.9 Å². The van der Waals surface area contributed by atoms with Crippen LogP contribution in [0.15, 0.2) is 24.4 Å². The van der Waals surface area contributed by atoms with E-state index in [9.17, 15) is 18.8 Å².